The fourth-order valence-electron chi connectivity index (χ4n) is 2.37. The van der Waals surface area contributed by atoms with Gasteiger partial charge in [-0.1, -0.05) is 29.8 Å². The number of nitrogens with one attached hydrogen (secondary N) is 1. The summed E-state index contributed by atoms with van der Waals surface area (Å²) < 4.78 is 0. The van der Waals surface area contributed by atoms with Gasteiger partial charge in [0.2, 0.25) is 0 Å². The number of likely N-dealkylation sites (tertiary alicyclic amines) is 1. The van der Waals surface area contributed by atoms with Crippen molar-refractivity contribution in [2.75, 3.05) is 26.2 Å². The summed E-state index contributed by atoms with van der Waals surface area (Å²) >= 11 is 6.09. The quantitative estimate of drug-likeness (QED) is 0.662. The Morgan fingerprint density at radius 2 is 2.10 bits per heavy atom. The fourth-order valence-corrected chi connectivity index (χ4v) is 2.63. The predicted molar refractivity (Wildman–Crippen MR) is 83.2 cm³/mol. The van der Waals surface area contributed by atoms with Gasteiger partial charge >= 0.3 is 0 Å². The summed E-state index contributed by atoms with van der Waals surface area (Å²) in [6.45, 7) is 5.28. The number of nitrogens with zero attached hydrogens (tertiary/aromatic N) is 2. The molecular formula is C15H22ClN3O. The Morgan fingerprint density at radius 1 is 1.40 bits per heavy atom. The monoisotopic (exact) mass is 295 g/mol. The molecule has 5 heteroatoms. The van der Waals surface area contributed by atoms with Crippen LogP contribution >= 0.6 is 11.6 Å². The van der Waals surface area contributed by atoms with Crippen molar-refractivity contribution in [1.82, 2.24) is 10.2 Å². The van der Waals surface area contributed by atoms with Gasteiger partial charge in [0.05, 0.1) is 6.54 Å². The summed E-state index contributed by atoms with van der Waals surface area (Å²) in [5.41, 5.74) is 0.732. The first kappa shape index (κ1) is 15.1. The zero-order valence-electron chi connectivity index (χ0n) is 11.8. The Morgan fingerprint density at radius 3 is 2.75 bits per heavy atom. The number of halogens is 1. The molecule has 2 rings (SSSR count). The lowest BCUT2D eigenvalue weighted by molar-refractivity contribution is 0.187. The van der Waals surface area contributed by atoms with Crippen LogP contribution in [0.4, 0.5) is 0 Å². The molecule has 20 heavy (non-hydrogen) atoms. The molecule has 110 valence electrons. The van der Waals surface area contributed by atoms with Crippen LogP contribution in [0, 0.1) is 0 Å². The van der Waals surface area contributed by atoms with Crippen molar-refractivity contribution < 1.29 is 5.11 Å². The van der Waals surface area contributed by atoms with Crippen LogP contribution in [0.15, 0.2) is 29.3 Å². The Kier molecular flexibility index (Phi) is 5.68. The van der Waals surface area contributed by atoms with E-state index in [9.17, 15) is 5.11 Å². The molecule has 0 saturated carbocycles. The highest BCUT2D eigenvalue weighted by molar-refractivity contribution is 6.31. The summed E-state index contributed by atoms with van der Waals surface area (Å²) in [5, 5.41) is 14.1. The van der Waals surface area contributed by atoms with Crippen molar-refractivity contribution in [3.8, 4) is 0 Å². The maximum Gasteiger partial charge on any atom is 0.194 e. The van der Waals surface area contributed by atoms with E-state index in [1.807, 2.05) is 18.2 Å². The lowest BCUT2D eigenvalue weighted by atomic mass is 10.1. The minimum absolute atomic E-state index is 0.322. The molecule has 0 bridgehead atoms. The SMILES string of the molecule is CCNC(=NCC(O)c1ccccc1Cl)N1CCCC1. The second kappa shape index (κ2) is 7.50. The number of rotatable bonds is 4. The van der Waals surface area contributed by atoms with Crippen LogP contribution < -0.4 is 5.32 Å². The average Bonchev–Trinajstić information content (AvgIpc) is 2.97. The minimum atomic E-state index is -0.667. The van der Waals surface area contributed by atoms with Crippen LogP contribution in [-0.4, -0.2) is 42.1 Å². The first-order chi connectivity index (χ1) is 9.72. The van der Waals surface area contributed by atoms with E-state index >= 15 is 0 Å². The van der Waals surface area contributed by atoms with E-state index in [-0.39, 0.29) is 0 Å². The third-order valence-corrected chi connectivity index (χ3v) is 3.76. The van der Waals surface area contributed by atoms with Crippen molar-refractivity contribution in [3.63, 3.8) is 0 Å². The Labute approximate surface area is 125 Å². The Hall–Kier alpha value is -1.26. The van der Waals surface area contributed by atoms with E-state index in [0.717, 1.165) is 31.2 Å². The zero-order valence-corrected chi connectivity index (χ0v) is 12.6. The van der Waals surface area contributed by atoms with Gasteiger partial charge in [-0.25, -0.2) is 0 Å². The zero-order chi connectivity index (χ0) is 14.4. The van der Waals surface area contributed by atoms with Gasteiger partial charge in [-0.2, -0.15) is 0 Å². The van der Waals surface area contributed by atoms with E-state index < -0.39 is 6.10 Å². The number of aliphatic imine (C=N–C) groups is 1. The van der Waals surface area contributed by atoms with Crippen molar-refractivity contribution in [1.29, 1.82) is 0 Å². The molecule has 0 aromatic heterocycles. The van der Waals surface area contributed by atoms with E-state index in [2.05, 4.69) is 22.1 Å². The van der Waals surface area contributed by atoms with Crippen LogP contribution in [0.2, 0.25) is 5.02 Å². The topological polar surface area (TPSA) is 47.9 Å². The fraction of sp³-hybridized carbons (Fsp3) is 0.533. The standard InChI is InChI=1S/C15H22ClN3O/c1-2-17-15(19-9-5-6-10-19)18-11-14(20)12-7-3-4-8-13(12)16/h3-4,7-8,14,20H,2,5-6,9-11H2,1H3,(H,17,18). The first-order valence-electron chi connectivity index (χ1n) is 7.18. The molecule has 1 aliphatic heterocycles. The molecule has 1 saturated heterocycles. The van der Waals surface area contributed by atoms with Crippen LogP contribution in [0.25, 0.3) is 0 Å². The Bertz CT molecular complexity index is 458. The molecule has 1 atom stereocenters. The molecule has 1 fully saturated rings. The van der Waals surface area contributed by atoms with Crippen molar-refractivity contribution >= 4 is 17.6 Å². The van der Waals surface area contributed by atoms with Gasteiger partial charge in [0.25, 0.3) is 0 Å². The summed E-state index contributed by atoms with van der Waals surface area (Å²) in [7, 11) is 0. The van der Waals surface area contributed by atoms with Crippen LogP contribution in [0.5, 0.6) is 0 Å². The smallest absolute Gasteiger partial charge is 0.194 e. The molecular weight excluding hydrogens is 274 g/mol. The molecule has 0 radical (unpaired) electrons. The third kappa shape index (κ3) is 3.87. The largest absolute Gasteiger partial charge is 0.386 e. The van der Waals surface area contributed by atoms with Crippen molar-refractivity contribution in [3.05, 3.63) is 34.9 Å². The predicted octanol–water partition coefficient (Wildman–Crippen LogP) is 2.43. The molecule has 1 heterocycles. The number of aliphatic hydroxyl groups excluding tert-OH is 1. The van der Waals surface area contributed by atoms with Gasteiger partial charge < -0.3 is 15.3 Å². The average molecular weight is 296 g/mol. The molecule has 0 spiro atoms. The molecule has 2 N–H and O–H groups in total. The first-order valence-corrected chi connectivity index (χ1v) is 7.56. The van der Waals surface area contributed by atoms with E-state index in [0.29, 0.717) is 11.6 Å². The van der Waals surface area contributed by atoms with Gasteiger partial charge in [0.15, 0.2) is 5.96 Å². The summed E-state index contributed by atoms with van der Waals surface area (Å²) in [4.78, 5) is 6.77. The summed E-state index contributed by atoms with van der Waals surface area (Å²) in [6, 6.07) is 7.36. The summed E-state index contributed by atoms with van der Waals surface area (Å²) in [5.74, 6) is 0.885. The van der Waals surface area contributed by atoms with E-state index in [1.165, 1.54) is 12.8 Å². The third-order valence-electron chi connectivity index (χ3n) is 3.42. The Balaban J connectivity index is 2.03. The van der Waals surface area contributed by atoms with Crippen LogP contribution in [0.1, 0.15) is 31.4 Å². The molecule has 1 unspecified atom stereocenters. The maximum absolute atomic E-state index is 10.2. The van der Waals surface area contributed by atoms with Crippen molar-refractivity contribution in [2.45, 2.75) is 25.9 Å². The number of hydrogen-bond acceptors (Lipinski definition) is 2. The second-order valence-electron chi connectivity index (χ2n) is 4.93. The van der Waals surface area contributed by atoms with Crippen LogP contribution in [-0.2, 0) is 0 Å². The van der Waals surface area contributed by atoms with Crippen molar-refractivity contribution in [2.24, 2.45) is 4.99 Å². The highest BCUT2D eigenvalue weighted by atomic mass is 35.5. The highest BCUT2D eigenvalue weighted by Crippen LogP contribution is 2.22. The molecule has 0 amide bonds. The lowest BCUT2D eigenvalue weighted by Crippen LogP contribution is -2.39. The number of aliphatic hydroxyl groups is 1. The number of guanidine groups is 1. The minimum Gasteiger partial charge on any atom is -0.386 e. The highest BCUT2D eigenvalue weighted by Gasteiger charge is 2.17. The van der Waals surface area contributed by atoms with E-state index in [4.69, 9.17) is 11.6 Å². The van der Waals surface area contributed by atoms with Gasteiger partial charge in [-0.15, -0.1) is 0 Å². The lowest BCUT2D eigenvalue weighted by Gasteiger charge is -2.21. The van der Waals surface area contributed by atoms with Crippen LogP contribution in [0.3, 0.4) is 0 Å². The van der Waals surface area contributed by atoms with Gasteiger partial charge in [-0.05, 0) is 25.8 Å². The van der Waals surface area contributed by atoms with Gasteiger partial charge in [-0.3, -0.25) is 4.99 Å². The number of benzene rings is 1. The number of hydrogen-bond donors (Lipinski definition) is 2. The maximum atomic E-state index is 10.2. The van der Waals surface area contributed by atoms with Gasteiger partial charge in [0, 0.05) is 30.2 Å². The normalized spacial score (nSPS) is 17.4. The summed E-state index contributed by atoms with van der Waals surface area (Å²) in [6.07, 6.45) is 1.74. The molecule has 0 aliphatic carbocycles. The molecule has 1 aliphatic rings. The second-order valence-corrected chi connectivity index (χ2v) is 5.33. The molecule has 1 aromatic rings. The van der Waals surface area contributed by atoms with E-state index in [1.54, 1.807) is 6.07 Å². The molecule has 1 aromatic carbocycles. The molecule has 4 nitrogen and oxygen atoms in total. The van der Waals surface area contributed by atoms with Gasteiger partial charge in [0.1, 0.15) is 6.10 Å².